The molecule has 0 fully saturated rings. The molecule has 0 unspecified atom stereocenters. The van der Waals surface area contributed by atoms with Crippen LogP contribution in [-0.2, 0) is 11.0 Å². The molecule has 0 aliphatic rings. The van der Waals surface area contributed by atoms with Crippen LogP contribution in [0.15, 0.2) is 29.4 Å². The number of benzene rings is 1. The first-order valence-corrected chi connectivity index (χ1v) is 7.28. The van der Waals surface area contributed by atoms with Gasteiger partial charge in [0.2, 0.25) is 11.1 Å². The zero-order valence-corrected chi connectivity index (χ0v) is 12.7. The summed E-state index contributed by atoms with van der Waals surface area (Å²) in [7, 11) is 0. The van der Waals surface area contributed by atoms with Gasteiger partial charge in [-0.1, -0.05) is 23.9 Å². The van der Waals surface area contributed by atoms with Crippen LogP contribution in [0.4, 0.5) is 18.9 Å². The van der Waals surface area contributed by atoms with Gasteiger partial charge < -0.3 is 16.9 Å². The fourth-order valence-corrected chi connectivity index (χ4v) is 2.35. The van der Waals surface area contributed by atoms with Gasteiger partial charge in [0.25, 0.3) is 11.7 Å². The Kier molecular flexibility index (Phi) is 4.97. The van der Waals surface area contributed by atoms with Crippen molar-refractivity contribution in [3.8, 4) is 0 Å². The zero-order valence-electron chi connectivity index (χ0n) is 11.9. The molecule has 0 aliphatic carbocycles. The molecule has 5 N–H and O–H groups in total. The van der Waals surface area contributed by atoms with Crippen molar-refractivity contribution >= 4 is 29.3 Å². The average Bonchev–Trinajstić information content (AvgIpc) is 2.86. The Labute approximate surface area is 137 Å². The highest BCUT2D eigenvalue weighted by molar-refractivity contribution is 7.99. The lowest BCUT2D eigenvalue weighted by Gasteiger charge is -2.08. The van der Waals surface area contributed by atoms with E-state index in [4.69, 9.17) is 11.6 Å². The molecule has 0 bridgehead atoms. The summed E-state index contributed by atoms with van der Waals surface area (Å²) in [5.41, 5.74) is 5.48. The number of alkyl halides is 3. The first-order chi connectivity index (χ1) is 11.2. The quantitative estimate of drug-likeness (QED) is 0.535. The van der Waals surface area contributed by atoms with Crippen LogP contribution in [0, 0.1) is 0 Å². The Hall–Kier alpha value is -2.76. The number of nitrogen functional groups attached to an aromatic ring is 1. The molecule has 8 nitrogen and oxygen atoms in total. The maximum Gasteiger partial charge on any atom is 0.453 e. The van der Waals surface area contributed by atoms with Crippen molar-refractivity contribution in [3.63, 3.8) is 0 Å². The molecule has 0 saturated carbocycles. The number of nitrogens with two attached hydrogens (primary N) is 2. The molecule has 12 heteroatoms. The zero-order chi connectivity index (χ0) is 17.9. The van der Waals surface area contributed by atoms with Gasteiger partial charge in [-0.15, -0.1) is 10.2 Å². The molecule has 24 heavy (non-hydrogen) atoms. The van der Waals surface area contributed by atoms with Gasteiger partial charge in [-0.3, -0.25) is 9.59 Å². The number of primary amides is 1. The highest BCUT2D eigenvalue weighted by Gasteiger charge is 2.38. The third-order valence-electron chi connectivity index (χ3n) is 2.72. The Morgan fingerprint density at radius 3 is 2.50 bits per heavy atom. The predicted octanol–water partition coefficient (Wildman–Crippen LogP) is 0.840. The van der Waals surface area contributed by atoms with Crippen LogP contribution >= 0.6 is 11.8 Å². The van der Waals surface area contributed by atoms with Gasteiger partial charge in [0.05, 0.1) is 17.0 Å². The summed E-state index contributed by atoms with van der Waals surface area (Å²) in [5.74, 6) is 2.28. The summed E-state index contributed by atoms with van der Waals surface area (Å²) < 4.78 is 37.9. The van der Waals surface area contributed by atoms with Crippen LogP contribution in [0.25, 0.3) is 0 Å². The normalized spacial score (nSPS) is 11.3. The monoisotopic (exact) mass is 360 g/mol. The van der Waals surface area contributed by atoms with Gasteiger partial charge in [0.1, 0.15) is 0 Å². The largest absolute Gasteiger partial charge is 0.453 e. The minimum absolute atomic E-state index is 0.109. The van der Waals surface area contributed by atoms with Crippen LogP contribution in [0.3, 0.4) is 0 Å². The van der Waals surface area contributed by atoms with Crippen LogP contribution in [0.5, 0.6) is 0 Å². The summed E-state index contributed by atoms with van der Waals surface area (Å²) in [6.07, 6.45) is -4.75. The second-order valence-corrected chi connectivity index (χ2v) is 5.36. The van der Waals surface area contributed by atoms with E-state index < -0.39 is 23.8 Å². The first-order valence-electron chi connectivity index (χ1n) is 6.29. The maximum absolute atomic E-state index is 12.5. The van der Waals surface area contributed by atoms with Gasteiger partial charge in [-0.2, -0.15) is 13.2 Å². The molecule has 0 spiro atoms. The summed E-state index contributed by atoms with van der Waals surface area (Å²) in [4.78, 5) is 23.1. The molecular formula is C12H11F3N6O2S. The van der Waals surface area contributed by atoms with Crippen LogP contribution in [0.2, 0.25) is 0 Å². The Balaban J connectivity index is 2.02. The minimum Gasteiger partial charge on any atom is -0.366 e. The number of para-hydroxylation sites is 1. The molecular weight excluding hydrogens is 349 g/mol. The number of carbonyl (C=O) groups excluding carboxylic acids is 2. The number of hydrogen-bond acceptors (Lipinski definition) is 6. The van der Waals surface area contributed by atoms with Gasteiger partial charge in [-0.25, -0.2) is 4.68 Å². The number of carbonyl (C=O) groups is 2. The highest BCUT2D eigenvalue weighted by Crippen LogP contribution is 2.28. The van der Waals surface area contributed by atoms with Crippen molar-refractivity contribution in [2.24, 2.45) is 5.73 Å². The van der Waals surface area contributed by atoms with Crippen LogP contribution in [-0.4, -0.2) is 32.4 Å². The lowest BCUT2D eigenvalue weighted by Crippen LogP contribution is -2.22. The molecule has 0 aliphatic heterocycles. The predicted molar refractivity (Wildman–Crippen MR) is 79.5 cm³/mol. The SMILES string of the molecule is NC(=O)c1ccccc1NC(=O)CSc1nnc(C(F)(F)F)n1N. The third-order valence-corrected chi connectivity index (χ3v) is 3.66. The van der Waals surface area contributed by atoms with E-state index in [-0.39, 0.29) is 26.8 Å². The molecule has 2 rings (SSSR count). The van der Waals surface area contributed by atoms with Crippen LogP contribution in [0.1, 0.15) is 16.2 Å². The number of amides is 2. The molecule has 0 radical (unpaired) electrons. The van der Waals surface area contributed by atoms with E-state index in [0.29, 0.717) is 11.8 Å². The molecule has 2 amide bonds. The lowest BCUT2D eigenvalue weighted by molar-refractivity contribution is -0.146. The molecule has 0 saturated heterocycles. The van der Waals surface area contributed by atoms with Gasteiger partial charge in [0.15, 0.2) is 0 Å². The fourth-order valence-electron chi connectivity index (χ4n) is 1.69. The van der Waals surface area contributed by atoms with Crippen LogP contribution < -0.4 is 16.9 Å². The third kappa shape index (κ3) is 3.95. The Bertz CT molecular complexity index is 776. The topological polar surface area (TPSA) is 129 Å². The molecule has 1 aromatic heterocycles. The van der Waals surface area contributed by atoms with Crippen molar-refractivity contribution < 1.29 is 22.8 Å². The van der Waals surface area contributed by atoms with Gasteiger partial charge in [-0.05, 0) is 12.1 Å². The molecule has 0 atom stereocenters. The molecule has 1 heterocycles. The molecule has 2 aromatic rings. The number of anilines is 1. The van der Waals surface area contributed by atoms with E-state index in [9.17, 15) is 22.8 Å². The summed E-state index contributed by atoms with van der Waals surface area (Å²) in [6.45, 7) is 0. The molecule has 1 aromatic carbocycles. The van der Waals surface area contributed by atoms with Gasteiger partial charge >= 0.3 is 6.18 Å². The number of halogens is 3. The van der Waals surface area contributed by atoms with E-state index in [0.717, 1.165) is 0 Å². The number of hydrogen-bond donors (Lipinski definition) is 3. The summed E-state index contributed by atoms with van der Waals surface area (Å²) in [5, 5.41) is 8.38. The fraction of sp³-hybridized carbons (Fsp3) is 0.167. The Morgan fingerprint density at radius 2 is 1.92 bits per heavy atom. The van der Waals surface area contributed by atoms with E-state index in [1.54, 1.807) is 12.1 Å². The smallest absolute Gasteiger partial charge is 0.366 e. The van der Waals surface area contributed by atoms with E-state index in [1.165, 1.54) is 12.1 Å². The van der Waals surface area contributed by atoms with Gasteiger partial charge in [0, 0.05) is 0 Å². The van der Waals surface area contributed by atoms with Crippen molar-refractivity contribution in [1.29, 1.82) is 0 Å². The highest BCUT2D eigenvalue weighted by atomic mass is 32.2. The lowest BCUT2D eigenvalue weighted by atomic mass is 10.1. The first kappa shape index (κ1) is 17.6. The van der Waals surface area contributed by atoms with Crippen molar-refractivity contribution in [2.75, 3.05) is 16.9 Å². The van der Waals surface area contributed by atoms with Crippen molar-refractivity contribution in [1.82, 2.24) is 14.9 Å². The number of nitrogens with one attached hydrogen (secondary N) is 1. The van der Waals surface area contributed by atoms with Crippen molar-refractivity contribution in [3.05, 3.63) is 35.7 Å². The second kappa shape index (κ2) is 6.78. The average molecular weight is 360 g/mol. The van der Waals surface area contributed by atoms with Crippen molar-refractivity contribution in [2.45, 2.75) is 11.3 Å². The molecule has 128 valence electrons. The number of aromatic nitrogens is 3. The maximum atomic E-state index is 12.5. The van der Waals surface area contributed by atoms with E-state index in [1.807, 2.05) is 0 Å². The second-order valence-electron chi connectivity index (χ2n) is 4.42. The number of nitrogens with zero attached hydrogens (tertiary/aromatic N) is 3. The number of thioether (sulfide) groups is 1. The number of rotatable bonds is 5. The standard InChI is InChI=1S/C12H11F3N6O2S/c13-12(14,15)10-19-20-11(21(10)17)24-5-8(22)18-7-4-2-1-3-6(7)9(16)23/h1-4H,5,17H2,(H2,16,23)(H,18,22). The van der Waals surface area contributed by atoms with E-state index in [2.05, 4.69) is 15.5 Å². The summed E-state index contributed by atoms with van der Waals surface area (Å²) >= 11 is 0.662. The van der Waals surface area contributed by atoms with E-state index >= 15 is 0 Å². The Morgan fingerprint density at radius 1 is 1.25 bits per heavy atom. The minimum atomic E-state index is -4.75. The summed E-state index contributed by atoms with van der Waals surface area (Å²) in [6, 6.07) is 6.05.